The van der Waals surface area contributed by atoms with Gasteiger partial charge in [-0.15, -0.1) is 0 Å². The molecule has 1 amide bonds. The number of carbonyl (C=O) groups is 1. The number of aromatic nitrogens is 2. The fourth-order valence-corrected chi connectivity index (χ4v) is 2.72. The summed E-state index contributed by atoms with van der Waals surface area (Å²) in [5, 5.41) is 5.99. The molecule has 3 aromatic rings. The average molecular weight is 378 g/mol. The summed E-state index contributed by atoms with van der Waals surface area (Å²) in [4.78, 5) is 21.3. The lowest BCUT2D eigenvalue weighted by atomic mass is 10.2. The van der Waals surface area contributed by atoms with Gasteiger partial charge >= 0.3 is 0 Å². The van der Waals surface area contributed by atoms with Crippen molar-refractivity contribution in [3.63, 3.8) is 0 Å². The molecule has 1 heterocycles. The second-order valence-corrected chi connectivity index (χ2v) is 6.20. The summed E-state index contributed by atoms with van der Waals surface area (Å²) in [6, 6.07) is 14.2. The summed E-state index contributed by atoms with van der Waals surface area (Å²) < 4.78 is 10.5. The molecule has 0 saturated heterocycles. The SMILES string of the molecule is COc1ccc(OC)c(NC(=O)c2ccc(Nc3nc(C)cc(C)n3)cc2)c1. The lowest BCUT2D eigenvalue weighted by Gasteiger charge is -2.12. The number of methoxy groups -OCH3 is 2. The number of aryl methyl sites for hydroxylation is 2. The summed E-state index contributed by atoms with van der Waals surface area (Å²) in [6.45, 7) is 3.83. The van der Waals surface area contributed by atoms with Gasteiger partial charge in [-0.1, -0.05) is 0 Å². The average Bonchev–Trinajstić information content (AvgIpc) is 2.67. The van der Waals surface area contributed by atoms with Crippen LogP contribution in [0.1, 0.15) is 21.7 Å². The molecule has 0 radical (unpaired) electrons. The molecule has 0 aliphatic heterocycles. The minimum atomic E-state index is -0.249. The number of nitrogens with zero attached hydrogens (tertiary/aromatic N) is 2. The topological polar surface area (TPSA) is 85.4 Å². The minimum Gasteiger partial charge on any atom is -0.497 e. The molecule has 7 heteroatoms. The number of benzene rings is 2. The van der Waals surface area contributed by atoms with Crippen LogP contribution >= 0.6 is 0 Å². The fraction of sp³-hybridized carbons (Fsp3) is 0.190. The van der Waals surface area contributed by atoms with Crippen LogP contribution in [0.2, 0.25) is 0 Å². The van der Waals surface area contributed by atoms with Gasteiger partial charge in [0.1, 0.15) is 11.5 Å². The molecule has 1 aromatic heterocycles. The van der Waals surface area contributed by atoms with Gasteiger partial charge in [-0.3, -0.25) is 4.79 Å². The van der Waals surface area contributed by atoms with Gasteiger partial charge in [0.15, 0.2) is 0 Å². The molecule has 0 aliphatic rings. The number of hydrogen-bond acceptors (Lipinski definition) is 6. The number of nitrogens with one attached hydrogen (secondary N) is 2. The molecule has 7 nitrogen and oxygen atoms in total. The summed E-state index contributed by atoms with van der Waals surface area (Å²) in [5.41, 5.74) is 3.62. The van der Waals surface area contributed by atoms with Gasteiger partial charge in [0, 0.05) is 28.7 Å². The van der Waals surface area contributed by atoms with Crippen LogP contribution in [0.5, 0.6) is 11.5 Å². The van der Waals surface area contributed by atoms with Crippen molar-refractivity contribution in [1.29, 1.82) is 0 Å². The Morgan fingerprint density at radius 3 is 2.18 bits per heavy atom. The first-order valence-electron chi connectivity index (χ1n) is 8.71. The van der Waals surface area contributed by atoms with Crippen molar-refractivity contribution in [2.75, 3.05) is 24.9 Å². The van der Waals surface area contributed by atoms with E-state index in [1.807, 2.05) is 19.9 Å². The van der Waals surface area contributed by atoms with Crippen molar-refractivity contribution in [2.45, 2.75) is 13.8 Å². The Hall–Kier alpha value is -3.61. The zero-order valence-electron chi connectivity index (χ0n) is 16.2. The molecule has 0 aliphatic carbocycles. The van der Waals surface area contributed by atoms with E-state index in [9.17, 15) is 4.79 Å². The Balaban J connectivity index is 1.73. The molecule has 144 valence electrons. The summed E-state index contributed by atoms with van der Waals surface area (Å²) >= 11 is 0. The van der Waals surface area contributed by atoms with Crippen molar-refractivity contribution in [3.8, 4) is 11.5 Å². The van der Waals surface area contributed by atoms with E-state index in [1.54, 1.807) is 56.7 Å². The van der Waals surface area contributed by atoms with E-state index in [0.717, 1.165) is 17.1 Å². The Kier molecular flexibility index (Phi) is 5.74. The maximum Gasteiger partial charge on any atom is 0.255 e. The standard InChI is InChI=1S/C21H22N4O3/c1-13-11-14(2)23-21(22-13)24-16-7-5-15(6-8-16)20(26)25-18-12-17(27-3)9-10-19(18)28-4/h5-12H,1-4H3,(H,25,26)(H,22,23,24). The van der Waals surface area contributed by atoms with Gasteiger partial charge in [0.05, 0.1) is 19.9 Å². The van der Waals surface area contributed by atoms with E-state index in [0.29, 0.717) is 28.7 Å². The molecule has 0 unspecified atom stereocenters. The van der Waals surface area contributed by atoms with Crippen LogP contribution in [-0.2, 0) is 0 Å². The summed E-state index contributed by atoms with van der Waals surface area (Å²) in [6.07, 6.45) is 0. The third kappa shape index (κ3) is 4.56. The largest absolute Gasteiger partial charge is 0.497 e. The third-order valence-corrected chi connectivity index (χ3v) is 4.04. The molecular formula is C21H22N4O3. The highest BCUT2D eigenvalue weighted by atomic mass is 16.5. The predicted octanol–water partition coefficient (Wildman–Crippen LogP) is 4.11. The second kappa shape index (κ2) is 8.39. The molecular weight excluding hydrogens is 356 g/mol. The number of carbonyl (C=O) groups excluding carboxylic acids is 1. The smallest absolute Gasteiger partial charge is 0.255 e. The monoisotopic (exact) mass is 378 g/mol. The first-order valence-corrected chi connectivity index (χ1v) is 8.71. The van der Waals surface area contributed by atoms with Gasteiger partial charge in [-0.2, -0.15) is 0 Å². The first kappa shape index (κ1) is 19.2. The highest BCUT2D eigenvalue weighted by Crippen LogP contribution is 2.29. The predicted molar refractivity (Wildman–Crippen MR) is 109 cm³/mol. The van der Waals surface area contributed by atoms with Crippen LogP contribution in [0, 0.1) is 13.8 Å². The normalized spacial score (nSPS) is 10.3. The quantitative estimate of drug-likeness (QED) is 0.671. The summed E-state index contributed by atoms with van der Waals surface area (Å²) in [7, 11) is 3.12. The van der Waals surface area contributed by atoms with E-state index >= 15 is 0 Å². The lowest BCUT2D eigenvalue weighted by Crippen LogP contribution is -2.12. The summed E-state index contributed by atoms with van der Waals surface area (Å²) in [5.74, 6) is 1.46. The molecule has 3 rings (SSSR count). The van der Waals surface area contributed by atoms with Crippen molar-refractivity contribution in [2.24, 2.45) is 0 Å². The van der Waals surface area contributed by atoms with Crippen molar-refractivity contribution in [1.82, 2.24) is 9.97 Å². The molecule has 28 heavy (non-hydrogen) atoms. The number of amides is 1. The maximum atomic E-state index is 12.6. The van der Waals surface area contributed by atoms with E-state index in [2.05, 4.69) is 20.6 Å². The van der Waals surface area contributed by atoms with Gasteiger partial charge < -0.3 is 20.1 Å². The molecule has 0 bridgehead atoms. The highest BCUT2D eigenvalue weighted by Gasteiger charge is 2.11. The van der Waals surface area contributed by atoms with E-state index in [4.69, 9.17) is 9.47 Å². The molecule has 2 N–H and O–H groups in total. The minimum absolute atomic E-state index is 0.249. The lowest BCUT2D eigenvalue weighted by molar-refractivity contribution is 0.102. The number of anilines is 3. The van der Waals surface area contributed by atoms with E-state index < -0.39 is 0 Å². The van der Waals surface area contributed by atoms with Crippen LogP contribution in [0.3, 0.4) is 0 Å². The number of hydrogen-bond donors (Lipinski definition) is 2. The van der Waals surface area contributed by atoms with Gasteiger partial charge in [-0.25, -0.2) is 9.97 Å². The van der Waals surface area contributed by atoms with Crippen LogP contribution in [0.4, 0.5) is 17.3 Å². The zero-order chi connectivity index (χ0) is 20.1. The van der Waals surface area contributed by atoms with Crippen molar-refractivity contribution < 1.29 is 14.3 Å². The molecule has 0 fully saturated rings. The van der Waals surface area contributed by atoms with E-state index in [1.165, 1.54) is 0 Å². The maximum absolute atomic E-state index is 12.6. The Morgan fingerprint density at radius 1 is 0.893 bits per heavy atom. The van der Waals surface area contributed by atoms with E-state index in [-0.39, 0.29) is 5.91 Å². The Labute approximate surface area is 163 Å². The number of rotatable bonds is 6. The van der Waals surface area contributed by atoms with Crippen LogP contribution < -0.4 is 20.1 Å². The van der Waals surface area contributed by atoms with Gasteiger partial charge in [0.2, 0.25) is 5.95 Å². The van der Waals surface area contributed by atoms with Crippen LogP contribution in [-0.4, -0.2) is 30.1 Å². The number of ether oxygens (including phenoxy) is 2. The Bertz CT molecular complexity index is 967. The van der Waals surface area contributed by atoms with Crippen molar-refractivity contribution >= 4 is 23.2 Å². The van der Waals surface area contributed by atoms with Crippen LogP contribution in [0.15, 0.2) is 48.5 Å². The van der Waals surface area contributed by atoms with Gasteiger partial charge in [-0.05, 0) is 56.3 Å². The Morgan fingerprint density at radius 2 is 1.57 bits per heavy atom. The fourth-order valence-electron chi connectivity index (χ4n) is 2.72. The molecule has 0 spiro atoms. The molecule has 2 aromatic carbocycles. The molecule has 0 atom stereocenters. The van der Waals surface area contributed by atoms with Crippen LogP contribution in [0.25, 0.3) is 0 Å². The highest BCUT2D eigenvalue weighted by molar-refractivity contribution is 6.05. The van der Waals surface area contributed by atoms with Gasteiger partial charge in [0.25, 0.3) is 5.91 Å². The van der Waals surface area contributed by atoms with Crippen molar-refractivity contribution in [3.05, 3.63) is 65.5 Å². The zero-order valence-corrected chi connectivity index (χ0v) is 16.2. The first-order chi connectivity index (χ1) is 13.5. The second-order valence-electron chi connectivity index (χ2n) is 6.20. The molecule has 0 saturated carbocycles. The third-order valence-electron chi connectivity index (χ3n) is 4.04.